The van der Waals surface area contributed by atoms with E-state index in [1.165, 1.54) is 5.56 Å². The minimum absolute atomic E-state index is 0.149. The molecule has 0 amide bonds. The maximum absolute atomic E-state index is 12.2. The van der Waals surface area contributed by atoms with Gasteiger partial charge >= 0.3 is 0 Å². The third-order valence-electron chi connectivity index (χ3n) is 5.00. The lowest BCUT2D eigenvalue weighted by Gasteiger charge is -2.39. The van der Waals surface area contributed by atoms with Crippen molar-refractivity contribution in [2.75, 3.05) is 25.9 Å². The summed E-state index contributed by atoms with van der Waals surface area (Å²) in [5.41, 5.74) is 2.35. The first-order chi connectivity index (χ1) is 12.8. The second-order valence-electron chi connectivity index (χ2n) is 7.37. The highest BCUT2D eigenvalue weighted by molar-refractivity contribution is 7.92. The van der Waals surface area contributed by atoms with E-state index >= 15 is 0 Å². The van der Waals surface area contributed by atoms with Crippen LogP contribution >= 0.6 is 0 Å². The summed E-state index contributed by atoms with van der Waals surface area (Å²) < 4.78 is 25.6. The molecule has 7 nitrogen and oxygen atoms in total. The molecule has 1 aromatic carbocycles. The molecule has 0 saturated carbocycles. The predicted octanol–water partition coefficient (Wildman–Crippen LogP) is 1.52. The molecule has 1 aliphatic rings. The van der Waals surface area contributed by atoms with E-state index in [4.69, 9.17) is 0 Å². The summed E-state index contributed by atoms with van der Waals surface area (Å²) in [6.07, 6.45) is 3.72. The molecule has 0 spiro atoms. The van der Waals surface area contributed by atoms with Crippen LogP contribution in [0.15, 0.2) is 47.7 Å². The lowest BCUT2D eigenvalue weighted by Crippen LogP contribution is -2.57. The molecule has 0 bridgehead atoms. The van der Waals surface area contributed by atoms with Gasteiger partial charge in [0.15, 0.2) is 15.8 Å². The predicted molar refractivity (Wildman–Crippen MR) is 107 cm³/mol. The Balaban J connectivity index is 1.69. The van der Waals surface area contributed by atoms with Gasteiger partial charge in [-0.2, -0.15) is 5.10 Å². The van der Waals surface area contributed by atoms with Crippen LogP contribution in [-0.4, -0.2) is 59.7 Å². The van der Waals surface area contributed by atoms with Gasteiger partial charge in [0.2, 0.25) is 0 Å². The van der Waals surface area contributed by atoms with Gasteiger partial charge in [0.1, 0.15) is 0 Å². The molecular weight excluding hydrogens is 362 g/mol. The first-order valence-electron chi connectivity index (χ1n) is 9.04. The lowest BCUT2D eigenvalue weighted by atomic mass is 10.1. The highest BCUT2D eigenvalue weighted by atomic mass is 32.2. The fourth-order valence-corrected chi connectivity index (χ4v) is 4.65. The third kappa shape index (κ3) is 4.32. The normalized spacial score (nSPS) is 19.1. The SMILES string of the molecule is CN=C(NCc1ccccc1Cn1cccn1)N1CCS(=O)(=O)C(C)(C)C1. The maximum Gasteiger partial charge on any atom is 0.193 e. The van der Waals surface area contributed by atoms with Crippen LogP contribution in [0.3, 0.4) is 0 Å². The largest absolute Gasteiger partial charge is 0.352 e. The molecule has 0 atom stereocenters. The Morgan fingerprint density at radius 2 is 2.00 bits per heavy atom. The second kappa shape index (κ2) is 7.72. The van der Waals surface area contributed by atoms with E-state index in [1.54, 1.807) is 27.1 Å². The molecule has 2 aromatic rings. The number of rotatable bonds is 4. The van der Waals surface area contributed by atoms with Gasteiger partial charge in [-0.25, -0.2) is 8.42 Å². The zero-order valence-corrected chi connectivity index (χ0v) is 16.9. The average Bonchev–Trinajstić information content (AvgIpc) is 3.13. The molecule has 27 heavy (non-hydrogen) atoms. The Kier molecular flexibility index (Phi) is 5.55. The topological polar surface area (TPSA) is 79.6 Å². The Labute approximate surface area is 161 Å². The molecule has 3 rings (SSSR count). The number of aliphatic imine (C=N–C) groups is 1. The van der Waals surface area contributed by atoms with Crippen molar-refractivity contribution < 1.29 is 8.42 Å². The fraction of sp³-hybridized carbons (Fsp3) is 0.474. The number of aromatic nitrogens is 2. The summed E-state index contributed by atoms with van der Waals surface area (Å²) in [5, 5.41) is 7.67. The van der Waals surface area contributed by atoms with Crippen LogP contribution in [-0.2, 0) is 22.9 Å². The molecule has 8 heteroatoms. The summed E-state index contributed by atoms with van der Waals surface area (Å²) in [4.78, 5) is 6.39. The molecule has 146 valence electrons. The summed E-state index contributed by atoms with van der Waals surface area (Å²) in [7, 11) is -1.34. The van der Waals surface area contributed by atoms with Gasteiger partial charge < -0.3 is 10.2 Å². The van der Waals surface area contributed by atoms with Gasteiger partial charge in [0.05, 0.1) is 17.0 Å². The van der Waals surface area contributed by atoms with E-state index in [2.05, 4.69) is 27.5 Å². The fourth-order valence-electron chi connectivity index (χ4n) is 3.28. The van der Waals surface area contributed by atoms with Gasteiger partial charge in [-0.3, -0.25) is 9.67 Å². The number of sulfone groups is 1. The monoisotopic (exact) mass is 389 g/mol. The molecule has 1 aliphatic heterocycles. The highest BCUT2D eigenvalue weighted by Crippen LogP contribution is 2.23. The third-order valence-corrected chi connectivity index (χ3v) is 7.53. The number of nitrogens with zero attached hydrogens (tertiary/aromatic N) is 4. The molecule has 0 unspecified atom stereocenters. The summed E-state index contributed by atoms with van der Waals surface area (Å²) >= 11 is 0. The van der Waals surface area contributed by atoms with Crippen molar-refractivity contribution in [3.8, 4) is 0 Å². The van der Waals surface area contributed by atoms with Crippen molar-refractivity contribution in [2.24, 2.45) is 4.99 Å². The molecule has 1 fully saturated rings. The van der Waals surface area contributed by atoms with Crippen molar-refractivity contribution in [3.05, 3.63) is 53.9 Å². The second-order valence-corrected chi connectivity index (χ2v) is 10.1. The van der Waals surface area contributed by atoms with Crippen LogP contribution in [0.1, 0.15) is 25.0 Å². The minimum Gasteiger partial charge on any atom is -0.352 e. The van der Waals surface area contributed by atoms with E-state index in [-0.39, 0.29) is 5.75 Å². The number of hydrogen-bond donors (Lipinski definition) is 1. The van der Waals surface area contributed by atoms with Gasteiger partial charge in [-0.1, -0.05) is 24.3 Å². The lowest BCUT2D eigenvalue weighted by molar-refractivity contribution is 0.353. The Hall–Kier alpha value is -2.35. The van der Waals surface area contributed by atoms with Crippen molar-refractivity contribution in [1.29, 1.82) is 0 Å². The van der Waals surface area contributed by atoms with E-state index in [0.29, 0.717) is 26.2 Å². The van der Waals surface area contributed by atoms with Gasteiger partial charge in [0, 0.05) is 39.1 Å². The molecule has 2 heterocycles. The van der Waals surface area contributed by atoms with Crippen LogP contribution in [0.25, 0.3) is 0 Å². The molecule has 0 radical (unpaired) electrons. The van der Waals surface area contributed by atoms with E-state index in [0.717, 1.165) is 11.5 Å². The molecular formula is C19H27N5O2S. The standard InChI is InChI=1S/C19H27N5O2S/c1-19(2)15-23(11-12-27(19,25)26)18(20-3)21-13-16-7-4-5-8-17(16)14-24-10-6-9-22-24/h4-10H,11-15H2,1-3H3,(H,20,21). The van der Waals surface area contributed by atoms with Gasteiger partial charge in [0.25, 0.3) is 0 Å². The van der Waals surface area contributed by atoms with Gasteiger partial charge in [-0.15, -0.1) is 0 Å². The summed E-state index contributed by atoms with van der Waals surface area (Å²) in [6, 6.07) is 10.1. The van der Waals surface area contributed by atoms with Crippen molar-refractivity contribution in [1.82, 2.24) is 20.0 Å². The van der Waals surface area contributed by atoms with Crippen LogP contribution < -0.4 is 5.32 Å². The number of benzene rings is 1. The maximum atomic E-state index is 12.2. The summed E-state index contributed by atoms with van der Waals surface area (Å²) in [5.74, 6) is 0.878. The number of guanidine groups is 1. The van der Waals surface area contributed by atoms with Crippen LogP contribution in [0.5, 0.6) is 0 Å². The highest BCUT2D eigenvalue weighted by Gasteiger charge is 2.40. The Bertz CT molecular complexity index is 904. The van der Waals surface area contributed by atoms with Gasteiger partial charge in [-0.05, 0) is 31.0 Å². The van der Waals surface area contributed by atoms with Crippen LogP contribution in [0.2, 0.25) is 0 Å². The molecule has 0 aliphatic carbocycles. The van der Waals surface area contributed by atoms with E-state index in [9.17, 15) is 8.42 Å². The zero-order valence-electron chi connectivity index (χ0n) is 16.1. The Morgan fingerprint density at radius 3 is 2.63 bits per heavy atom. The van der Waals surface area contributed by atoms with E-state index < -0.39 is 14.6 Å². The summed E-state index contributed by atoms with van der Waals surface area (Å²) in [6.45, 7) is 5.78. The Morgan fingerprint density at radius 1 is 1.26 bits per heavy atom. The van der Waals surface area contributed by atoms with Crippen molar-refractivity contribution in [3.63, 3.8) is 0 Å². The van der Waals surface area contributed by atoms with Crippen molar-refractivity contribution in [2.45, 2.75) is 31.7 Å². The first-order valence-corrected chi connectivity index (χ1v) is 10.7. The van der Waals surface area contributed by atoms with Crippen LogP contribution in [0, 0.1) is 0 Å². The minimum atomic E-state index is -3.07. The number of nitrogens with one attached hydrogen (secondary N) is 1. The van der Waals surface area contributed by atoms with E-state index in [1.807, 2.05) is 34.0 Å². The average molecular weight is 390 g/mol. The van der Waals surface area contributed by atoms with Crippen LogP contribution in [0.4, 0.5) is 0 Å². The van der Waals surface area contributed by atoms with Crippen molar-refractivity contribution >= 4 is 15.8 Å². The first kappa shape index (κ1) is 19.4. The molecule has 1 N–H and O–H groups in total. The smallest absolute Gasteiger partial charge is 0.193 e. The molecule has 1 aromatic heterocycles. The molecule has 1 saturated heterocycles. The quantitative estimate of drug-likeness (QED) is 0.633. The zero-order chi connectivity index (χ0) is 19.5. The number of hydrogen-bond acceptors (Lipinski definition) is 4.